The Balaban J connectivity index is 0. The molecule has 0 aromatic carbocycles. The molecule has 0 radical (unpaired) electrons. The molecule has 6 nitrogen and oxygen atoms in total. The largest absolute Gasteiger partial charge is 0.473 e. The number of thioether (sulfide) groups is 1. The summed E-state index contributed by atoms with van der Waals surface area (Å²) in [7, 11) is -2.62. The van der Waals surface area contributed by atoms with Crippen molar-refractivity contribution >= 4 is 25.6 Å². The van der Waals surface area contributed by atoms with Gasteiger partial charge in [-0.05, 0) is 29.7 Å². The van der Waals surface area contributed by atoms with Crippen molar-refractivity contribution in [2.75, 3.05) is 18.8 Å². The maximum absolute atomic E-state index is 11.7. The molecule has 0 aliphatic rings. The van der Waals surface area contributed by atoms with E-state index in [0.29, 0.717) is 11.8 Å². The predicted molar refractivity (Wildman–Crippen MR) is 97.1 cm³/mol. The van der Waals surface area contributed by atoms with Gasteiger partial charge >= 0.3 is 8.60 Å². The van der Waals surface area contributed by atoms with Crippen LogP contribution in [-0.2, 0) is 0 Å². The Labute approximate surface area is 144 Å². The summed E-state index contributed by atoms with van der Waals surface area (Å²) in [5.41, 5.74) is 0. The minimum Gasteiger partial charge on any atom is -0.473 e. The normalized spacial score (nSPS) is 10.0. The van der Waals surface area contributed by atoms with E-state index in [-0.39, 0.29) is 5.24 Å². The summed E-state index contributed by atoms with van der Waals surface area (Å²) in [6.07, 6.45) is 3.25. The van der Waals surface area contributed by atoms with Crippen LogP contribution in [0.2, 0.25) is 0 Å². The molecule has 0 saturated carbocycles. The van der Waals surface area contributed by atoms with Gasteiger partial charge in [0.05, 0.1) is 12.5 Å². The Morgan fingerprint density at radius 3 is 1.70 bits per heavy atom. The van der Waals surface area contributed by atoms with Gasteiger partial charge in [-0.1, -0.05) is 46.4 Å². The van der Waals surface area contributed by atoms with Gasteiger partial charge in [0.25, 0.3) is 5.24 Å². The number of hydrogen-bond donors (Lipinski definition) is 3. The quantitative estimate of drug-likeness (QED) is 0.683. The van der Waals surface area contributed by atoms with Gasteiger partial charge in [-0.3, -0.25) is 4.79 Å². The Morgan fingerprint density at radius 2 is 1.48 bits per heavy atom. The van der Waals surface area contributed by atoms with Gasteiger partial charge in [-0.15, -0.1) is 0 Å². The third kappa shape index (κ3) is 21.4. The highest BCUT2D eigenvalue weighted by Crippen LogP contribution is 2.13. The van der Waals surface area contributed by atoms with Gasteiger partial charge in [0.15, 0.2) is 0 Å². The Bertz CT molecular complexity index is 331. The molecule has 0 aliphatic heterocycles. The summed E-state index contributed by atoms with van der Waals surface area (Å²) in [5, 5.41) is 0.231. The molecule has 1 aromatic heterocycles. The van der Waals surface area contributed by atoms with Crippen LogP contribution >= 0.6 is 20.4 Å². The fourth-order valence-electron chi connectivity index (χ4n) is 1.55. The molecular weight excluding hydrogens is 337 g/mol. The third-order valence-electron chi connectivity index (χ3n) is 2.12. The second-order valence-corrected chi connectivity index (χ2v) is 7.20. The molecule has 1 rings (SSSR count). The van der Waals surface area contributed by atoms with E-state index in [1.807, 2.05) is 24.0 Å². The van der Waals surface area contributed by atoms with E-state index in [1.165, 1.54) is 11.8 Å². The maximum atomic E-state index is 11.7. The fourth-order valence-corrected chi connectivity index (χ4v) is 2.13. The van der Waals surface area contributed by atoms with Crippen molar-refractivity contribution in [3.63, 3.8) is 0 Å². The van der Waals surface area contributed by atoms with Crippen molar-refractivity contribution in [1.29, 1.82) is 0 Å². The zero-order chi connectivity index (χ0) is 18.3. The van der Waals surface area contributed by atoms with Crippen LogP contribution in [0.15, 0.2) is 29.1 Å². The van der Waals surface area contributed by atoms with Crippen molar-refractivity contribution in [2.45, 2.75) is 34.6 Å². The predicted octanol–water partition coefficient (Wildman–Crippen LogP) is 3.94. The highest BCUT2D eigenvalue weighted by Gasteiger charge is 2.15. The van der Waals surface area contributed by atoms with E-state index < -0.39 is 8.60 Å². The van der Waals surface area contributed by atoms with Gasteiger partial charge in [-0.2, -0.15) is 0 Å². The van der Waals surface area contributed by atoms with E-state index >= 15 is 0 Å². The molecule has 0 bridgehead atoms. The molecule has 1 heterocycles. The van der Waals surface area contributed by atoms with Gasteiger partial charge < -0.3 is 24.0 Å². The topological polar surface area (TPSA) is 94.1 Å². The number of carbonyl (C=O) groups is 1. The number of carbonyl (C=O) groups excluding carboxylic acids is 1. The van der Waals surface area contributed by atoms with Crippen LogP contribution in [0.25, 0.3) is 0 Å². The highest BCUT2D eigenvalue weighted by molar-refractivity contribution is 8.13. The number of rotatable bonds is 5. The van der Waals surface area contributed by atoms with Crippen LogP contribution in [0.1, 0.15) is 34.6 Å². The third-order valence-corrected chi connectivity index (χ3v) is 2.92. The minimum absolute atomic E-state index is 0.231. The van der Waals surface area contributed by atoms with E-state index in [9.17, 15) is 4.79 Å². The number of hydrogen-bond acceptors (Lipinski definition) is 6. The van der Waals surface area contributed by atoms with Crippen LogP contribution in [0.4, 0.5) is 4.79 Å². The molecule has 8 heteroatoms. The molecule has 0 atom stereocenters. The fraction of sp³-hybridized carbons (Fsp3) is 0.667. The van der Waals surface area contributed by atoms with E-state index in [1.54, 1.807) is 12.5 Å². The first kappa shape index (κ1) is 24.7. The summed E-state index contributed by atoms with van der Waals surface area (Å²) < 4.78 is 4.58. The van der Waals surface area contributed by atoms with Gasteiger partial charge in [0.1, 0.15) is 0 Å². The SMILES string of the molecule is CCSC(=O)N(CC(C)C)CC(C)C.OP(O)O.c1ccoc1. The molecule has 0 aliphatic carbocycles. The Hall–Kier alpha value is -0.590. The molecule has 0 spiro atoms. The lowest BCUT2D eigenvalue weighted by molar-refractivity contribution is 0.208. The van der Waals surface area contributed by atoms with Gasteiger partial charge in [0.2, 0.25) is 0 Å². The number of furan rings is 1. The van der Waals surface area contributed by atoms with Gasteiger partial charge in [-0.25, -0.2) is 0 Å². The molecule has 0 fully saturated rings. The van der Waals surface area contributed by atoms with Crippen LogP contribution in [0.5, 0.6) is 0 Å². The smallest absolute Gasteiger partial charge is 0.324 e. The van der Waals surface area contributed by atoms with Crippen molar-refractivity contribution < 1.29 is 23.9 Å². The van der Waals surface area contributed by atoms with Crippen molar-refractivity contribution in [2.24, 2.45) is 11.8 Å². The van der Waals surface area contributed by atoms with Crippen LogP contribution in [0, 0.1) is 11.8 Å². The maximum Gasteiger partial charge on any atom is 0.324 e. The zero-order valence-electron chi connectivity index (χ0n) is 14.5. The lowest BCUT2D eigenvalue weighted by atomic mass is 10.1. The lowest BCUT2D eigenvalue weighted by Crippen LogP contribution is -2.34. The highest BCUT2D eigenvalue weighted by atomic mass is 32.2. The Kier molecular flexibility index (Phi) is 17.4. The summed E-state index contributed by atoms with van der Waals surface area (Å²) >= 11 is 1.41. The van der Waals surface area contributed by atoms with Crippen LogP contribution in [-0.4, -0.2) is 43.7 Å². The zero-order valence-corrected chi connectivity index (χ0v) is 16.3. The van der Waals surface area contributed by atoms with Crippen LogP contribution < -0.4 is 0 Å². The molecule has 3 N–H and O–H groups in total. The van der Waals surface area contributed by atoms with Crippen LogP contribution in [0.3, 0.4) is 0 Å². The lowest BCUT2D eigenvalue weighted by Gasteiger charge is -2.25. The average Bonchev–Trinajstić information content (AvgIpc) is 2.95. The summed E-state index contributed by atoms with van der Waals surface area (Å²) in [4.78, 5) is 35.4. The molecule has 1 amide bonds. The second-order valence-electron chi connectivity index (χ2n) is 5.45. The van der Waals surface area contributed by atoms with Crippen molar-refractivity contribution in [1.82, 2.24) is 4.90 Å². The molecule has 23 heavy (non-hydrogen) atoms. The molecule has 0 unspecified atom stereocenters. The average molecular weight is 367 g/mol. The first-order valence-corrected chi connectivity index (χ1v) is 9.64. The summed E-state index contributed by atoms with van der Waals surface area (Å²) in [5.74, 6) is 1.97. The molecular formula is C15H30NO5PS. The monoisotopic (exact) mass is 367 g/mol. The summed E-state index contributed by atoms with van der Waals surface area (Å²) in [6, 6.07) is 3.67. The summed E-state index contributed by atoms with van der Waals surface area (Å²) in [6.45, 7) is 12.4. The first-order valence-electron chi connectivity index (χ1n) is 7.46. The molecule has 0 saturated heterocycles. The molecule has 136 valence electrons. The molecule has 1 aromatic rings. The van der Waals surface area contributed by atoms with Gasteiger partial charge in [0, 0.05) is 13.1 Å². The Morgan fingerprint density at radius 1 is 1.09 bits per heavy atom. The van der Waals surface area contributed by atoms with E-state index in [2.05, 4.69) is 32.1 Å². The first-order chi connectivity index (χ1) is 10.7. The minimum atomic E-state index is -2.62. The van der Waals surface area contributed by atoms with E-state index in [4.69, 9.17) is 14.7 Å². The second kappa shape index (κ2) is 16.3. The number of amides is 1. The number of nitrogens with zero attached hydrogens (tertiary/aromatic N) is 1. The van der Waals surface area contributed by atoms with E-state index in [0.717, 1.165) is 18.8 Å². The standard InChI is InChI=1S/C11H23NOS.C4H4O.H3O3P/c1-6-14-11(13)12(7-9(2)3)8-10(4)5;1-2-4-5-3-1;1-4(2)3/h9-10H,6-8H2,1-5H3;1-4H;1-3H. The van der Waals surface area contributed by atoms with Crippen molar-refractivity contribution in [3.8, 4) is 0 Å². The van der Waals surface area contributed by atoms with Crippen molar-refractivity contribution in [3.05, 3.63) is 24.7 Å².